The molecule has 2 aliphatic rings. The molecule has 0 saturated heterocycles. The van der Waals surface area contributed by atoms with Gasteiger partial charge in [-0.2, -0.15) is 0 Å². The number of hydrogen-bond donors (Lipinski definition) is 1. The van der Waals surface area contributed by atoms with Gasteiger partial charge in [-0.3, -0.25) is 4.90 Å². The van der Waals surface area contributed by atoms with Crippen LogP contribution in [0.3, 0.4) is 0 Å². The van der Waals surface area contributed by atoms with E-state index >= 15 is 0 Å². The summed E-state index contributed by atoms with van der Waals surface area (Å²) in [6.07, 6.45) is 6.51. The van der Waals surface area contributed by atoms with E-state index in [1.807, 2.05) is 0 Å². The quantitative estimate of drug-likeness (QED) is 0.738. The van der Waals surface area contributed by atoms with E-state index in [-0.39, 0.29) is 0 Å². The van der Waals surface area contributed by atoms with Crippen LogP contribution in [0.4, 0.5) is 0 Å². The van der Waals surface area contributed by atoms with Crippen molar-refractivity contribution in [1.82, 2.24) is 10.2 Å². The molecule has 1 fully saturated rings. The molecule has 0 amide bonds. The van der Waals surface area contributed by atoms with Gasteiger partial charge in [0.25, 0.3) is 0 Å². The first-order chi connectivity index (χ1) is 8.16. The Morgan fingerprint density at radius 3 is 2.82 bits per heavy atom. The minimum absolute atomic E-state index is 0.772. The normalized spacial score (nSPS) is 30.2. The zero-order valence-corrected chi connectivity index (χ0v) is 11.7. The highest BCUT2D eigenvalue weighted by Gasteiger charge is 2.35. The Kier molecular flexibility index (Phi) is 4.63. The largest absolute Gasteiger partial charge is 0.316 e. The smallest absolute Gasteiger partial charge is 0.0193 e. The number of nitrogens with zero attached hydrogens (tertiary/aromatic N) is 1. The van der Waals surface area contributed by atoms with E-state index in [0.717, 1.165) is 17.9 Å². The number of rotatable bonds is 5. The summed E-state index contributed by atoms with van der Waals surface area (Å²) in [4.78, 5) is 2.71. The third kappa shape index (κ3) is 3.56. The van der Waals surface area contributed by atoms with Crippen LogP contribution < -0.4 is 5.32 Å². The van der Waals surface area contributed by atoms with E-state index in [1.54, 1.807) is 5.57 Å². The molecular formula is C15H28N2. The van der Waals surface area contributed by atoms with Crippen molar-refractivity contribution < 1.29 is 0 Å². The van der Waals surface area contributed by atoms with Crippen LogP contribution in [0.15, 0.2) is 11.6 Å². The summed E-state index contributed by atoms with van der Waals surface area (Å²) >= 11 is 0. The SMILES string of the molecule is CC1=CCCN(C2CCC2CNCC(C)C)C1. The molecule has 0 aromatic rings. The molecule has 1 saturated carbocycles. The molecule has 17 heavy (non-hydrogen) atoms. The summed E-state index contributed by atoms with van der Waals surface area (Å²) in [7, 11) is 0. The Morgan fingerprint density at radius 1 is 1.41 bits per heavy atom. The molecule has 98 valence electrons. The van der Waals surface area contributed by atoms with E-state index in [2.05, 4.69) is 37.1 Å². The molecule has 0 radical (unpaired) electrons. The molecule has 2 heteroatoms. The first-order valence-corrected chi connectivity index (χ1v) is 7.27. The van der Waals surface area contributed by atoms with Gasteiger partial charge in [0.15, 0.2) is 0 Å². The van der Waals surface area contributed by atoms with Gasteiger partial charge in [0.2, 0.25) is 0 Å². The predicted molar refractivity (Wildman–Crippen MR) is 74.2 cm³/mol. The van der Waals surface area contributed by atoms with Gasteiger partial charge < -0.3 is 5.32 Å². The van der Waals surface area contributed by atoms with Crippen LogP contribution in [0.5, 0.6) is 0 Å². The summed E-state index contributed by atoms with van der Waals surface area (Å²) in [5.41, 5.74) is 1.57. The zero-order chi connectivity index (χ0) is 12.3. The Morgan fingerprint density at radius 2 is 2.24 bits per heavy atom. The van der Waals surface area contributed by atoms with E-state index in [1.165, 1.54) is 45.4 Å². The van der Waals surface area contributed by atoms with Crippen molar-refractivity contribution in [2.45, 2.75) is 46.1 Å². The van der Waals surface area contributed by atoms with E-state index in [4.69, 9.17) is 0 Å². The van der Waals surface area contributed by atoms with Gasteiger partial charge in [0.1, 0.15) is 0 Å². The summed E-state index contributed by atoms with van der Waals surface area (Å²) in [6, 6.07) is 0.860. The van der Waals surface area contributed by atoms with Gasteiger partial charge in [0.05, 0.1) is 0 Å². The fraction of sp³-hybridized carbons (Fsp3) is 0.867. The third-order valence-electron chi connectivity index (χ3n) is 4.17. The summed E-state index contributed by atoms with van der Waals surface area (Å²) in [5.74, 6) is 1.67. The van der Waals surface area contributed by atoms with Crippen LogP contribution >= 0.6 is 0 Å². The zero-order valence-electron chi connectivity index (χ0n) is 11.7. The van der Waals surface area contributed by atoms with E-state index < -0.39 is 0 Å². The standard InChI is InChI=1S/C15H28N2/c1-12(2)9-16-10-14-6-7-15(14)17-8-4-5-13(3)11-17/h5,12,14-16H,4,6-11H2,1-3H3. The summed E-state index contributed by atoms with van der Waals surface area (Å²) < 4.78 is 0. The fourth-order valence-corrected chi connectivity index (χ4v) is 3.05. The Labute approximate surface area is 106 Å². The van der Waals surface area contributed by atoms with Crippen molar-refractivity contribution in [3.05, 3.63) is 11.6 Å². The van der Waals surface area contributed by atoms with Crippen molar-refractivity contribution in [3.8, 4) is 0 Å². The van der Waals surface area contributed by atoms with Crippen molar-refractivity contribution in [2.75, 3.05) is 26.2 Å². The van der Waals surface area contributed by atoms with Crippen LogP contribution in [-0.4, -0.2) is 37.1 Å². The van der Waals surface area contributed by atoms with Crippen molar-refractivity contribution in [2.24, 2.45) is 11.8 Å². The van der Waals surface area contributed by atoms with Crippen LogP contribution in [0.1, 0.15) is 40.0 Å². The van der Waals surface area contributed by atoms with Gasteiger partial charge in [-0.15, -0.1) is 0 Å². The highest BCUT2D eigenvalue weighted by Crippen LogP contribution is 2.33. The molecule has 1 N–H and O–H groups in total. The van der Waals surface area contributed by atoms with Crippen molar-refractivity contribution in [3.63, 3.8) is 0 Å². The molecule has 2 unspecified atom stereocenters. The highest BCUT2D eigenvalue weighted by atomic mass is 15.2. The van der Waals surface area contributed by atoms with E-state index in [0.29, 0.717) is 0 Å². The molecule has 1 aliphatic carbocycles. The number of hydrogen-bond acceptors (Lipinski definition) is 2. The Bertz CT molecular complexity index is 270. The van der Waals surface area contributed by atoms with Gasteiger partial charge in [-0.05, 0) is 51.1 Å². The van der Waals surface area contributed by atoms with Gasteiger partial charge in [-0.25, -0.2) is 0 Å². The second-order valence-electron chi connectivity index (χ2n) is 6.27. The van der Waals surface area contributed by atoms with Crippen LogP contribution in [0.25, 0.3) is 0 Å². The predicted octanol–water partition coefficient (Wildman–Crippen LogP) is 2.66. The molecule has 0 spiro atoms. The van der Waals surface area contributed by atoms with Gasteiger partial charge in [0, 0.05) is 19.1 Å². The Hall–Kier alpha value is -0.340. The third-order valence-corrected chi connectivity index (χ3v) is 4.17. The van der Waals surface area contributed by atoms with Crippen LogP contribution in [-0.2, 0) is 0 Å². The molecule has 0 aromatic heterocycles. The molecule has 2 atom stereocenters. The van der Waals surface area contributed by atoms with Crippen molar-refractivity contribution >= 4 is 0 Å². The highest BCUT2D eigenvalue weighted by molar-refractivity contribution is 5.07. The molecule has 2 nitrogen and oxygen atoms in total. The Balaban J connectivity index is 1.73. The minimum Gasteiger partial charge on any atom is -0.316 e. The summed E-state index contributed by atoms with van der Waals surface area (Å²) in [5, 5.41) is 3.63. The first-order valence-electron chi connectivity index (χ1n) is 7.27. The lowest BCUT2D eigenvalue weighted by atomic mass is 9.77. The maximum atomic E-state index is 3.63. The monoisotopic (exact) mass is 236 g/mol. The topological polar surface area (TPSA) is 15.3 Å². The molecule has 1 heterocycles. The molecule has 2 rings (SSSR count). The van der Waals surface area contributed by atoms with Crippen LogP contribution in [0.2, 0.25) is 0 Å². The lowest BCUT2D eigenvalue weighted by Gasteiger charge is -2.46. The minimum atomic E-state index is 0.772. The van der Waals surface area contributed by atoms with Gasteiger partial charge in [-0.1, -0.05) is 25.5 Å². The van der Waals surface area contributed by atoms with Crippen molar-refractivity contribution in [1.29, 1.82) is 0 Å². The second-order valence-corrected chi connectivity index (χ2v) is 6.27. The average Bonchev–Trinajstić information content (AvgIpc) is 2.22. The lowest BCUT2D eigenvalue weighted by molar-refractivity contribution is 0.0667. The molecule has 1 aliphatic heterocycles. The number of nitrogens with one attached hydrogen (secondary N) is 1. The maximum Gasteiger partial charge on any atom is 0.0193 e. The van der Waals surface area contributed by atoms with Crippen LogP contribution in [0, 0.1) is 11.8 Å². The fourth-order valence-electron chi connectivity index (χ4n) is 3.05. The molecular weight excluding hydrogens is 208 g/mol. The maximum absolute atomic E-state index is 3.63. The second kappa shape index (κ2) is 6.01. The lowest BCUT2D eigenvalue weighted by Crippen LogP contribution is -2.52. The molecule has 0 bridgehead atoms. The summed E-state index contributed by atoms with van der Waals surface area (Å²) in [6.45, 7) is 11.7. The van der Waals surface area contributed by atoms with E-state index in [9.17, 15) is 0 Å². The first kappa shape index (κ1) is 13.1. The average molecular weight is 236 g/mol. The molecule has 0 aromatic carbocycles. The van der Waals surface area contributed by atoms with Gasteiger partial charge >= 0.3 is 0 Å².